The van der Waals surface area contributed by atoms with Gasteiger partial charge in [0.15, 0.2) is 0 Å². The molecule has 2 aromatic carbocycles. The molecule has 1 aromatic heterocycles. The minimum Gasteiger partial charge on any atom is -0.339 e. The number of aromatic nitrogens is 1. The first-order valence-corrected chi connectivity index (χ1v) is 10.8. The molecule has 2 N–H and O–H groups in total. The van der Waals surface area contributed by atoms with Crippen molar-refractivity contribution in [3.05, 3.63) is 83.8 Å². The van der Waals surface area contributed by atoms with E-state index in [0.717, 1.165) is 5.56 Å². The predicted molar refractivity (Wildman–Crippen MR) is 120 cm³/mol. The van der Waals surface area contributed by atoms with Crippen molar-refractivity contribution < 1.29 is 13.4 Å². The van der Waals surface area contributed by atoms with Crippen molar-refractivity contribution >= 4 is 33.9 Å². The lowest BCUT2D eigenvalue weighted by Gasteiger charge is -2.18. The number of pyridine rings is 1. The second-order valence-electron chi connectivity index (χ2n) is 7.79. The molecule has 0 spiro atoms. The third-order valence-corrected chi connectivity index (χ3v) is 6.27. The largest absolute Gasteiger partial charge is 0.339 e. The minimum atomic E-state index is -1.04. The van der Waals surface area contributed by atoms with Gasteiger partial charge in [-0.15, -0.1) is 0 Å². The summed E-state index contributed by atoms with van der Waals surface area (Å²) in [6, 6.07) is 16.5. The number of nitrogens with one attached hydrogen (secondary N) is 2. The zero-order valence-corrected chi connectivity index (χ0v) is 17.9. The van der Waals surface area contributed by atoms with E-state index in [1.165, 1.54) is 12.1 Å². The van der Waals surface area contributed by atoms with Crippen molar-refractivity contribution in [3.8, 4) is 0 Å². The number of halogens is 1. The van der Waals surface area contributed by atoms with E-state index >= 15 is 0 Å². The minimum absolute atomic E-state index is 0.313. The number of amides is 1. The van der Waals surface area contributed by atoms with Gasteiger partial charge < -0.3 is 10.6 Å². The maximum absolute atomic E-state index is 13.5. The van der Waals surface area contributed by atoms with Gasteiger partial charge in [-0.1, -0.05) is 18.2 Å². The highest BCUT2D eigenvalue weighted by Crippen LogP contribution is 2.22. The van der Waals surface area contributed by atoms with E-state index in [0.29, 0.717) is 28.5 Å². The van der Waals surface area contributed by atoms with Gasteiger partial charge in [0, 0.05) is 38.9 Å². The summed E-state index contributed by atoms with van der Waals surface area (Å²) in [4.78, 5) is 17.1. The molecule has 0 bridgehead atoms. The molecule has 156 valence electrons. The van der Waals surface area contributed by atoms with Crippen molar-refractivity contribution in [2.24, 2.45) is 0 Å². The molecular weight excluding hydrogens is 401 g/mol. The molecule has 1 atom stereocenters. The zero-order chi connectivity index (χ0) is 21.7. The van der Waals surface area contributed by atoms with Crippen molar-refractivity contribution in [1.29, 1.82) is 0 Å². The summed E-state index contributed by atoms with van der Waals surface area (Å²) in [5, 5.41) is 5.84. The van der Waals surface area contributed by atoms with Gasteiger partial charge in [-0.25, -0.2) is 9.37 Å². The number of rotatable bonds is 6. The molecule has 0 aliphatic heterocycles. The van der Waals surface area contributed by atoms with Crippen LogP contribution >= 0.6 is 0 Å². The first-order chi connectivity index (χ1) is 14.2. The standard InChI is InChI=1S/C23H24FN3O2S/c1-23(2,3)30(29)15-16-7-4-9-18(13-16)27-22(28)20-11-6-12-25-21(20)26-19-10-5-8-17(24)14-19/h4-14H,15H2,1-3H3,(H,25,26)(H,27,28). The Hall–Kier alpha value is -3.06. The highest BCUT2D eigenvalue weighted by atomic mass is 32.2. The van der Waals surface area contributed by atoms with Crippen LogP contribution in [-0.2, 0) is 16.6 Å². The van der Waals surface area contributed by atoms with Crippen LogP contribution in [0.25, 0.3) is 0 Å². The Kier molecular flexibility index (Phi) is 6.62. The first-order valence-electron chi connectivity index (χ1n) is 9.49. The smallest absolute Gasteiger partial charge is 0.259 e. The zero-order valence-electron chi connectivity index (χ0n) is 17.1. The number of carbonyl (C=O) groups is 1. The molecule has 0 saturated heterocycles. The average molecular weight is 426 g/mol. The number of carbonyl (C=O) groups excluding carboxylic acids is 1. The van der Waals surface area contributed by atoms with Gasteiger partial charge >= 0.3 is 0 Å². The maximum atomic E-state index is 13.5. The Morgan fingerprint density at radius 2 is 1.77 bits per heavy atom. The molecule has 0 aliphatic carbocycles. The van der Waals surface area contributed by atoms with E-state index in [1.54, 1.807) is 36.5 Å². The van der Waals surface area contributed by atoms with Crippen LogP contribution in [-0.4, -0.2) is 19.8 Å². The van der Waals surface area contributed by atoms with Crippen molar-refractivity contribution in [2.75, 3.05) is 10.6 Å². The average Bonchev–Trinajstić information content (AvgIpc) is 2.68. The Morgan fingerprint density at radius 3 is 2.50 bits per heavy atom. The molecule has 1 unspecified atom stereocenters. The van der Waals surface area contributed by atoms with Crippen LogP contribution in [0.5, 0.6) is 0 Å². The van der Waals surface area contributed by atoms with E-state index in [2.05, 4.69) is 15.6 Å². The Labute approximate surface area is 178 Å². The lowest BCUT2D eigenvalue weighted by molar-refractivity contribution is 0.102. The molecule has 0 radical (unpaired) electrons. The lowest BCUT2D eigenvalue weighted by atomic mass is 10.2. The van der Waals surface area contributed by atoms with Crippen molar-refractivity contribution in [3.63, 3.8) is 0 Å². The summed E-state index contributed by atoms with van der Waals surface area (Å²) >= 11 is 0. The van der Waals surface area contributed by atoms with E-state index in [4.69, 9.17) is 0 Å². The third kappa shape index (κ3) is 5.73. The summed E-state index contributed by atoms with van der Waals surface area (Å²) in [5.41, 5.74) is 2.30. The highest BCUT2D eigenvalue weighted by Gasteiger charge is 2.20. The Bertz CT molecular complexity index is 1080. The molecule has 0 aliphatic rings. The first kappa shape index (κ1) is 21.6. The van der Waals surface area contributed by atoms with Gasteiger partial charge in [0.2, 0.25) is 0 Å². The lowest BCUT2D eigenvalue weighted by Crippen LogP contribution is -2.23. The summed E-state index contributed by atoms with van der Waals surface area (Å²) in [6.07, 6.45) is 1.56. The van der Waals surface area contributed by atoms with Crippen LogP contribution in [0.3, 0.4) is 0 Å². The maximum Gasteiger partial charge on any atom is 0.259 e. The monoisotopic (exact) mass is 425 g/mol. The van der Waals surface area contributed by atoms with Gasteiger partial charge in [0.25, 0.3) is 5.91 Å². The number of anilines is 3. The molecule has 7 heteroatoms. The SMILES string of the molecule is CC(C)(C)S(=O)Cc1cccc(NC(=O)c2cccnc2Nc2cccc(F)c2)c1. The molecule has 5 nitrogen and oxygen atoms in total. The highest BCUT2D eigenvalue weighted by molar-refractivity contribution is 7.85. The fourth-order valence-corrected chi connectivity index (χ4v) is 3.61. The number of nitrogens with zero attached hydrogens (tertiary/aromatic N) is 1. The second-order valence-corrected chi connectivity index (χ2v) is 10.00. The van der Waals surface area contributed by atoms with Crippen molar-refractivity contribution in [2.45, 2.75) is 31.3 Å². The number of hydrogen-bond acceptors (Lipinski definition) is 4. The second kappa shape index (κ2) is 9.17. The quantitative estimate of drug-likeness (QED) is 0.565. The van der Waals surface area contributed by atoms with Gasteiger partial charge in [-0.3, -0.25) is 9.00 Å². The van der Waals surface area contributed by atoms with Crippen LogP contribution in [0.1, 0.15) is 36.7 Å². The van der Waals surface area contributed by atoms with Gasteiger partial charge in [-0.05, 0) is 68.8 Å². The molecule has 30 heavy (non-hydrogen) atoms. The summed E-state index contributed by atoms with van der Waals surface area (Å²) in [5.74, 6) is 0.0000206. The molecule has 0 saturated carbocycles. The van der Waals surface area contributed by atoms with Crippen LogP contribution < -0.4 is 10.6 Å². The van der Waals surface area contributed by atoms with Gasteiger partial charge in [0.05, 0.1) is 5.56 Å². The fraction of sp³-hybridized carbons (Fsp3) is 0.217. The summed E-state index contributed by atoms with van der Waals surface area (Å²) in [6.45, 7) is 5.80. The van der Waals surface area contributed by atoms with Gasteiger partial charge in [0.1, 0.15) is 11.6 Å². The van der Waals surface area contributed by atoms with E-state index in [1.807, 2.05) is 39.0 Å². The fourth-order valence-electron chi connectivity index (χ4n) is 2.70. The molecule has 1 amide bonds. The third-order valence-electron chi connectivity index (χ3n) is 4.31. The predicted octanol–water partition coefficient (Wildman–Crippen LogP) is 5.26. The molecule has 3 aromatic rings. The molecule has 3 rings (SSSR count). The number of benzene rings is 2. The van der Waals surface area contributed by atoms with E-state index in [9.17, 15) is 13.4 Å². The normalized spacial score (nSPS) is 12.3. The van der Waals surface area contributed by atoms with Crippen molar-refractivity contribution in [1.82, 2.24) is 4.98 Å². The summed E-state index contributed by atoms with van der Waals surface area (Å²) < 4.78 is 25.6. The van der Waals surface area contributed by atoms with Crippen LogP contribution in [0.4, 0.5) is 21.6 Å². The molecule has 1 heterocycles. The summed E-state index contributed by atoms with van der Waals surface area (Å²) in [7, 11) is -1.04. The van der Waals surface area contributed by atoms with E-state index < -0.39 is 10.8 Å². The molecule has 0 fully saturated rings. The Balaban J connectivity index is 1.77. The van der Waals surface area contributed by atoms with Crippen LogP contribution in [0, 0.1) is 5.82 Å². The Morgan fingerprint density at radius 1 is 1.03 bits per heavy atom. The van der Waals surface area contributed by atoms with E-state index in [-0.39, 0.29) is 16.5 Å². The van der Waals surface area contributed by atoms with Crippen LogP contribution in [0.2, 0.25) is 0 Å². The van der Waals surface area contributed by atoms with Gasteiger partial charge in [-0.2, -0.15) is 0 Å². The van der Waals surface area contributed by atoms with Crippen LogP contribution in [0.15, 0.2) is 66.9 Å². The number of hydrogen-bond donors (Lipinski definition) is 2. The topological polar surface area (TPSA) is 71.1 Å². The molecular formula is C23H24FN3O2S.